The monoisotopic (exact) mass is 277 g/mol. The van der Waals surface area contributed by atoms with E-state index < -0.39 is 0 Å². The number of benzene rings is 1. The van der Waals surface area contributed by atoms with Crippen molar-refractivity contribution in [2.24, 2.45) is 7.05 Å². The normalized spacial score (nSPS) is 10.6. The summed E-state index contributed by atoms with van der Waals surface area (Å²) in [6, 6.07) is 3.79. The largest absolute Gasteiger partial charge is 0.496 e. The van der Waals surface area contributed by atoms with Crippen molar-refractivity contribution in [3.8, 4) is 22.6 Å². The van der Waals surface area contributed by atoms with Crippen molar-refractivity contribution in [1.82, 2.24) is 9.78 Å². The molecule has 6 nitrogen and oxygen atoms in total. The highest BCUT2D eigenvalue weighted by molar-refractivity contribution is 5.84. The standard InChI is InChI=1S/C14H19N3O3/c1-17-14(15)10(7-16-17)12-11(19-3)6-5-9(8-18-2)13(12)20-4/h5-7H,8,15H2,1-4H3. The number of hydrogen-bond acceptors (Lipinski definition) is 5. The van der Waals surface area contributed by atoms with Crippen molar-refractivity contribution >= 4 is 5.82 Å². The number of hydrogen-bond donors (Lipinski definition) is 1. The van der Waals surface area contributed by atoms with Gasteiger partial charge in [0.05, 0.1) is 38.2 Å². The average molecular weight is 277 g/mol. The molecule has 108 valence electrons. The predicted octanol–water partition coefficient (Wildman–Crippen LogP) is 1.83. The minimum atomic E-state index is 0.445. The minimum absolute atomic E-state index is 0.445. The lowest BCUT2D eigenvalue weighted by atomic mass is 10.0. The van der Waals surface area contributed by atoms with Crippen molar-refractivity contribution in [2.75, 3.05) is 27.1 Å². The van der Waals surface area contributed by atoms with E-state index in [4.69, 9.17) is 19.9 Å². The number of methoxy groups -OCH3 is 3. The van der Waals surface area contributed by atoms with Gasteiger partial charge in [-0.15, -0.1) is 0 Å². The highest BCUT2D eigenvalue weighted by Gasteiger charge is 2.20. The molecule has 0 bridgehead atoms. The van der Waals surface area contributed by atoms with E-state index in [-0.39, 0.29) is 0 Å². The molecular formula is C14H19N3O3. The second kappa shape index (κ2) is 5.83. The van der Waals surface area contributed by atoms with Crippen LogP contribution in [-0.2, 0) is 18.4 Å². The number of rotatable bonds is 5. The Balaban J connectivity index is 2.70. The van der Waals surface area contributed by atoms with E-state index in [0.717, 1.165) is 16.7 Å². The fraction of sp³-hybridized carbons (Fsp3) is 0.357. The summed E-state index contributed by atoms with van der Waals surface area (Å²) in [5.41, 5.74) is 8.55. The Hall–Kier alpha value is -2.21. The van der Waals surface area contributed by atoms with Crippen LogP contribution in [0.3, 0.4) is 0 Å². The number of anilines is 1. The third-order valence-corrected chi connectivity index (χ3v) is 3.18. The Labute approximate surface area is 118 Å². The van der Waals surface area contributed by atoms with Crippen molar-refractivity contribution < 1.29 is 14.2 Å². The number of nitrogen functional groups attached to an aromatic ring is 1. The van der Waals surface area contributed by atoms with Gasteiger partial charge in [0.25, 0.3) is 0 Å². The molecule has 2 N–H and O–H groups in total. The van der Waals surface area contributed by atoms with Crippen molar-refractivity contribution in [3.05, 3.63) is 23.9 Å². The van der Waals surface area contributed by atoms with Crippen LogP contribution < -0.4 is 15.2 Å². The maximum Gasteiger partial charge on any atom is 0.136 e. The molecule has 1 aromatic heterocycles. The fourth-order valence-electron chi connectivity index (χ4n) is 2.17. The molecule has 0 aliphatic rings. The smallest absolute Gasteiger partial charge is 0.136 e. The van der Waals surface area contributed by atoms with Gasteiger partial charge in [-0.1, -0.05) is 0 Å². The van der Waals surface area contributed by atoms with E-state index in [1.54, 1.807) is 39.3 Å². The Bertz CT molecular complexity index is 608. The first-order valence-corrected chi connectivity index (χ1v) is 6.14. The van der Waals surface area contributed by atoms with Crippen molar-refractivity contribution in [1.29, 1.82) is 0 Å². The van der Waals surface area contributed by atoms with Gasteiger partial charge >= 0.3 is 0 Å². The molecule has 0 aliphatic carbocycles. The maximum atomic E-state index is 6.06. The van der Waals surface area contributed by atoms with Crippen molar-refractivity contribution in [2.45, 2.75) is 6.61 Å². The molecule has 0 fully saturated rings. The molecule has 1 heterocycles. The summed E-state index contributed by atoms with van der Waals surface area (Å²) in [6.07, 6.45) is 1.70. The van der Waals surface area contributed by atoms with E-state index in [0.29, 0.717) is 23.9 Å². The van der Waals surface area contributed by atoms with Gasteiger partial charge in [0.2, 0.25) is 0 Å². The zero-order chi connectivity index (χ0) is 14.7. The maximum absolute atomic E-state index is 6.06. The highest BCUT2D eigenvalue weighted by atomic mass is 16.5. The van der Waals surface area contributed by atoms with E-state index in [1.807, 2.05) is 12.1 Å². The molecule has 0 radical (unpaired) electrons. The summed E-state index contributed by atoms with van der Waals surface area (Å²) in [7, 11) is 6.66. The lowest BCUT2D eigenvalue weighted by Crippen LogP contribution is -2.02. The average Bonchev–Trinajstić information content (AvgIpc) is 2.78. The summed E-state index contributed by atoms with van der Waals surface area (Å²) in [5, 5.41) is 4.17. The number of nitrogens with zero attached hydrogens (tertiary/aromatic N) is 2. The summed E-state index contributed by atoms with van der Waals surface area (Å²) >= 11 is 0. The SMILES string of the molecule is COCc1ccc(OC)c(-c2cnn(C)c2N)c1OC. The topological polar surface area (TPSA) is 71.5 Å². The van der Waals surface area contributed by atoms with Gasteiger partial charge in [-0.25, -0.2) is 0 Å². The molecule has 0 atom stereocenters. The number of aromatic nitrogens is 2. The molecule has 0 unspecified atom stereocenters. The summed E-state index contributed by atoms with van der Waals surface area (Å²) < 4.78 is 17.8. The highest BCUT2D eigenvalue weighted by Crippen LogP contribution is 2.43. The van der Waals surface area contributed by atoms with Gasteiger partial charge in [-0.05, 0) is 12.1 Å². The number of aryl methyl sites for hydroxylation is 1. The quantitative estimate of drug-likeness (QED) is 0.902. The van der Waals surface area contributed by atoms with Crippen LogP contribution in [0.4, 0.5) is 5.82 Å². The second-order valence-corrected chi connectivity index (χ2v) is 4.34. The zero-order valence-corrected chi connectivity index (χ0v) is 12.1. The van der Waals surface area contributed by atoms with Gasteiger partial charge in [0.15, 0.2) is 0 Å². The molecule has 0 amide bonds. The molecule has 0 saturated heterocycles. The summed E-state index contributed by atoms with van der Waals surface area (Å²) in [5.74, 6) is 1.92. The lowest BCUT2D eigenvalue weighted by molar-refractivity contribution is 0.181. The Morgan fingerprint density at radius 2 is 1.95 bits per heavy atom. The summed E-state index contributed by atoms with van der Waals surface area (Å²) in [4.78, 5) is 0. The number of nitrogens with two attached hydrogens (primary N) is 1. The molecule has 2 aromatic rings. The van der Waals surface area contributed by atoms with Crippen LogP contribution in [0.25, 0.3) is 11.1 Å². The van der Waals surface area contributed by atoms with Crippen LogP contribution >= 0.6 is 0 Å². The van der Waals surface area contributed by atoms with Gasteiger partial charge in [0, 0.05) is 19.7 Å². The predicted molar refractivity (Wildman–Crippen MR) is 76.9 cm³/mol. The van der Waals surface area contributed by atoms with Crippen LogP contribution in [0.2, 0.25) is 0 Å². The second-order valence-electron chi connectivity index (χ2n) is 4.34. The molecule has 0 spiro atoms. The molecule has 6 heteroatoms. The zero-order valence-electron chi connectivity index (χ0n) is 12.1. The first-order valence-electron chi connectivity index (χ1n) is 6.14. The lowest BCUT2D eigenvalue weighted by Gasteiger charge is -2.16. The van der Waals surface area contributed by atoms with Crippen LogP contribution in [0.1, 0.15) is 5.56 Å². The van der Waals surface area contributed by atoms with E-state index >= 15 is 0 Å². The first kappa shape index (κ1) is 14.2. The molecule has 2 rings (SSSR count). The van der Waals surface area contributed by atoms with E-state index in [2.05, 4.69) is 5.10 Å². The Kier molecular flexibility index (Phi) is 4.14. The van der Waals surface area contributed by atoms with Crippen molar-refractivity contribution in [3.63, 3.8) is 0 Å². The van der Waals surface area contributed by atoms with Gasteiger partial charge in [-0.3, -0.25) is 4.68 Å². The third kappa shape index (κ3) is 2.30. The Morgan fingerprint density at radius 1 is 1.20 bits per heavy atom. The summed E-state index contributed by atoms with van der Waals surface area (Å²) in [6.45, 7) is 0.445. The van der Waals surface area contributed by atoms with Crippen LogP contribution in [-0.4, -0.2) is 31.1 Å². The molecule has 20 heavy (non-hydrogen) atoms. The van der Waals surface area contributed by atoms with E-state index in [9.17, 15) is 0 Å². The first-order chi connectivity index (χ1) is 9.63. The van der Waals surface area contributed by atoms with E-state index in [1.165, 1.54) is 0 Å². The van der Waals surface area contributed by atoms with Gasteiger partial charge in [-0.2, -0.15) is 5.10 Å². The van der Waals surface area contributed by atoms with Gasteiger partial charge in [0.1, 0.15) is 17.3 Å². The minimum Gasteiger partial charge on any atom is -0.496 e. The van der Waals surface area contributed by atoms with Crippen LogP contribution in [0.15, 0.2) is 18.3 Å². The Morgan fingerprint density at radius 3 is 2.45 bits per heavy atom. The molecular weight excluding hydrogens is 258 g/mol. The van der Waals surface area contributed by atoms with Crippen LogP contribution in [0.5, 0.6) is 11.5 Å². The number of ether oxygens (including phenoxy) is 3. The fourth-order valence-corrected chi connectivity index (χ4v) is 2.17. The van der Waals surface area contributed by atoms with Crippen LogP contribution in [0, 0.1) is 0 Å². The van der Waals surface area contributed by atoms with Gasteiger partial charge < -0.3 is 19.9 Å². The third-order valence-electron chi connectivity index (χ3n) is 3.18. The molecule has 1 aromatic carbocycles. The molecule has 0 saturated carbocycles. The molecule has 0 aliphatic heterocycles.